The molecule has 0 bridgehead atoms. The van der Waals surface area contributed by atoms with Gasteiger partial charge in [-0.25, -0.2) is 0 Å². The highest BCUT2D eigenvalue weighted by atomic mass is 16.6. The fraction of sp³-hybridized carbons (Fsp3) is 0.429. The molecule has 0 amide bonds. The van der Waals surface area contributed by atoms with Crippen LogP contribution in [-0.4, -0.2) is 52.6 Å². The Morgan fingerprint density at radius 2 is 1.60 bits per heavy atom. The van der Waals surface area contributed by atoms with Crippen LogP contribution in [0, 0.1) is 0 Å². The maximum atomic E-state index is 8.56. The molecule has 0 radical (unpaired) electrons. The second-order valence-corrected chi connectivity index (χ2v) is 4.20. The predicted octanol–water partition coefficient (Wildman–Crippen LogP) is -0.459. The lowest BCUT2D eigenvalue weighted by atomic mass is 10.1. The number of benzene rings is 1. The summed E-state index contributed by atoms with van der Waals surface area (Å²) in [6.07, 6.45) is 1.45. The molecule has 0 aliphatic heterocycles. The molecule has 1 aromatic rings. The number of hydrogen-bond donors (Lipinski definition) is 5. The number of rotatable bonds is 7. The van der Waals surface area contributed by atoms with E-state index in [-0.39, 0.29) is 12.9 Å². The third-order valence-electron chi connectivity index (χ3n) is 2.54. The van der Waals surface area contributed by atoms with Crippen LogP contribution in [0.4, 0.5) is 0 Å². The van der Waals surface area contributed by atoms with Gasteiger partial charge in [-0.3, -0.25) is 0 Å². The Balaban J connectivity index is 0.000000396. The number of aliphatic hydroxyl groups excluding tert-OH is 4. The SMILES string of the molecule is C=CC(OCO)c1ccccc1.NC(CO)(CO)CO. The van der Waals surface area contributed by atoms with E-state index in [4.69, 9.17) is 30.9 Å². The molecule has 6 nitrogen and oxygen atoms in total. The van der Waals surface area contributed by atoms with E-state index in [1.165, 1.54) is 0 Å². The van der Waals surface area contributed by atoms with E-state index in [0.29, 0.717) is 0 Å². The molecule has 1 atom stereocenters. The van der Waals surface area contributed by atoms with Gasteiger partial charge in [0.05, 0.1) is 25.4 Å². The zero-order valence-corrected chi connectivity index (χ0v) is 11.4. The number of aliphatic hydroxyl groups is 4. The summed E-state index contributed by atoms with van der Waals surface area (Å²) < 4.78 is 5.01. The number of hydrogen-bond acceptors (Lipinski definition) is 6. The average molecular weight is 285 g/mol. The minimum Gasteiger partial charge on any atom is -0.394 e. The molecule has 0 heterocycles. The largest absolute Gasteiger partial charge is 0.394 e. The van der Waals surface area contributed by atoms with Gasteiger partial charge in [-0.05, 0) is 5.56 Å². The second-order valence-electron chi connectivity index (χ2n) is 4.20. The van der Waals surface area contributed by atoms with E-state index in [1.807, 2.05) is 30.3 Å². The minimum absolute atomic E-state index is 0.212. The molecule has 1 unspecified atom stereocenters. The Morgan fingerprint density at radius 1 is 1.10 bits per heavy atom. The summed E-state index contributed by atoms with van der Waals surface area (Å²) in [6.45, 7) is 2.13. The van der Waals surface area contributed by atoms with Gasteiger partial charge in [0.15, 0.2) is 0 Å². The number of nitrogens with two attached hydrogens (primary N) is 1. The zero-order valence-electron chi connectivity index (χ0n) is 11.4. The molecular weight excluding hydrogens is 262 g/mol. The molecule has 0 saturated heterocycles. The molecular formula is C14H23NO5. The van der Waals surface area contributed by atoms with Gasteiger partial charge >= 0.3 is 0 Å². The highest BCUT2D eigenvalue weighted by Crippen LogP contribution is 2.16. The first-order valence-electron chi connectivity index (χ1n) is 6.08. The summed E-state index contributed by atoms with van der Waals surface area (Å²) in [7, 11) is 0. The molecule has 20 heavy (non-hydrogen) atoms. The Bertz CT molecular complexity index is 346. The molecule has 1 aromatic carbocycles. The maximum absolute atomic E-state index is 8.56. The summed E-state index contributed by atoms with van der Waals surface area (Å²) >= 11 is 0. The monoisotopic (exact) mass is 285 g/mol. The molecule has 6 N–H and O–H groups in total. The van der Waals surface area contributed by atoms with E-state index >= 15 is 0 Å². The third-order valence-corrected chi connectivity index (χ3v) is 2.54. The minimum atomic E-state index is -1.21. The average Bonchev–Trinajstić information content (AvgIpc) is 2.53. The Kier molecular flexibility index (Phi) is 9.83. The lowest BCUT2D eigenvalue weighted by Gasteiger charge is -2.20. The number of ether oxygens (including phenoxy) is 1. The first-order chi connectivity index (χ1) is 9.56. The van der Waals surface area contributed by atoms with Crippen molar-refractivity contribution in [3.63, 3.8) is 0 Å². The Labute approximate surface area is 118 Å². The van der Waals surface area contributed by atoms with Crippen LogP contribution in [0.15, 0.2) is 43.0 Å². The van der Waals surface area contributed by atoms with Crippen LogP contribution >= 0.6 is 0 Å². The first kappa shape index (κ1) is 18.7. The Hall–Kier alpha value is -1.28. The van der Waals surface area contributed by atoms with Crippen LogP contribution in [0.1, 0.15) is 11.7 Å². The lowest BCUT2D eigenvalue weighted by Crippen LogP contribution is -2.50. The summed E-state index contributed by atoms with van der Waals surface area (Å²) in [5.74, 6) is 0. The highest BCUT2D eigenvalue weighted by molar-refractivity contribution is 5.20. The fourth-order valence-corrected chi connectivity index (χ4v) is 1.17. The van der Waals surface area contributed by atoms with E-state index in [1.54, 1.807) is 6.08 Å². The molecule has 6 heteroatoms. The third kappa shape index (κ3) is 6.76. The van der Waals surface area contributed by atoms with Gasteiger partial charge in [0.25, 0.3) is 0 Å². The summed E-state index contributed by atoms with van der Waals surface area (Å²) in [5.41, 5.74) is 4.94. The van der Waals surface area contributed by atoms with Crippen molar-refractivity contribution in [1.29, 1.82) is 0 Å². The van der Waals surface area contributed by atoms with Crippen molar-refractivity contribution in [3.8, 4) is 0 Å². The molecule has 1 rings (SSSR count). The lowest BCUT2D eigenvalue weighted by molar-refractivity contribution is -0.0319. The van der Waals surface area contributed by atoms with Gasteiger partial charge < -0.3 is 30.9 Å². The van der Waals surface area contributed by atoms with Crippen molar-refractivity contribution in [2.45, 2.75) is 11.6 Å². The predicted molar refractivity (Wildman–Crippen MR) is 75.7 cm³/mol. The zero-order chi connectivity index (χ0) is 15.4. The van der Waals surface area contributed by atoms with Gasteiger partial charge in [0, 0.05) is 0 Å². The van der Waals surface area contributed by atoms with Crippen LogP contribution < -0.4 is 5.73 Å². The summed E-state index contributed by atoms with van der Waals surface area (Å²) in [6, 6.07) is 9.64. The van der Waals surface area contributed by atoms with Crippen LogP contribution in [-0.2, 0) is 4.74 Å². The van der Waals surface area contributed by atoms with Crippen molar-refractivity contribution < 1.29 is 25.2 Å². The van der Waals surface area contributed by atoms with Crippen molar-refractivity contribution >= 4 is 0 Å². The van der Waals surface area contributed by atoms with E-state index in [0.717, 1.165) is 5.56 Å². The molecule has 0 aromatic heterocycles. The van der Waals surface area contributed by atoms with Crippen LogP contribution in [0.5, 0.6) is 0 Å². The van der Waals surface area contributed by atoms with Crippen molar-refractivity contribution in [2.24, 2.45) is 5.73 Å². The van der Waals surface area contributed by atoms with Gasteiger partial charge in [-0.1, -0.05) is 36.4 Å². The van der Waals surface area contributed by atoms with Crippen LogP contribution in [0.25, 0.3) is 0 Å². The molecule has 114 valence electrons. The van der Waals surface area contributed by atoms with Crippen molar-refractivity contribution in [1.82, 2.24) is 0 Å². The summed E-state index contributed by atoms with van der Waals surface area (Å²) in [5, 5.41) is 33.6. The van der Waals surface area contributed by atoms with Gasteiger partial charge in [-0.2, -0.15) is 0 Å². The molecule has 0 aliphatic rings. The topological polar surface area (TPSA) is 116 Å². The molecule has 0 aliphatic carbocycles. The standard InChI is InChI=1S/C10H12O2.C4H11NO3/c1-2-10(12-8-11)9-6-4-3-5-7-9;5-4(1-6,2-7)3-8/h2-7,10-11H,1,8H2;6-8H,1-3,5H2. The van der Waals surface area contributed by atoms with E-state index in [2.05, 4.69) is 6.58 Å². The first-order valence-corrected chi connectivity index (χ1v) is 6.08. The van der Waals surface area contributed by atoms with Crippen LogP contribution in [0.3, 0.4) is 0 Å². The molecule has 0 fully saturated rings. The van der Waals surface area contributed by atoms with Crippen molar-refractivity contribution in [2.75, 3.05) is 26.6 Å². The van der Waals surface area contributed by atoms with E-state index in [9.17, 15) is 0 Å². The smallest absolute Gasteiger partial charge is 0.144 e. The highest BCUT2D eigenvalue weighted by Gasteiger charge is 2.20. The fourth-order valence-electron chi connectivity index (χ4n) is 1.17. The van der Waals surface area contributed by atoms with Gasteiger partial charge in [0.2, 0.25) is 0 Å². The van der Waals surface area contributed by atoms with Gasteiger partial charge in [0.1, 0.15) is 12.9 Å². The maximum Gasteiger partial charge on any atom is 0.144 e. The Morgan fingerprint density at radius 3 is 1.90 bits per heavy atom. The van der Waals surface area contributed by atoms with Crippen molar-refractivity contribution in [3.05, 3.63) is 48.6 Å². The quantitative estimate of drug-likeness (QED) is 0.342. The molecule has 0 spiro atoms. The summed E-state index contributed by atoms with van der Waals surface area (Å²) in [4.78, 5) is 0. The second kappa shape index (κ2) is 10.5. The van der Waals surface area contributed by atoms with Gasteiger partial charge in [-0.15, -0.1) is 6.58 Å². The normalized spacial score (nSPS) is 12.2. The van der Waals surface area contributed by atoms with Crippen LogP contribution in [0.2, 0.25) is 0 Å². The molecule has 0 saturated carbocycles. The van der Waals surface area contributed by atoms with E-state index < -0.39 is 25.4 Å².